The fourth-order valence-electron chi connectivity index (χ4n) is 3.93. The molecule has 1 heterocycles. The first-order valence-electron chi connectivity index (χ1n) is 9.91. The summed E-state index contributed by atoms with van der Waals surface area (Å²) in [6.07, 6.45) is 2.24. The van der Waals surface area contributed by atoms with Gasteiger partial charge in [-0.15, -0.1) is 0 Å². The number of halogens is 1. The second-order valence-corrected chi connectivity index (χ2v) is 7.65. The number of hydrogen-bond acceptors (Lipinski definition) is 3. The van der Waals surface area contributed by atoms with E-state index in [1.165, 1.54) is 6.07 Å². The van der Waals surface area contributed by atoms with Crippen molar-refractivity contribution in [3.05, 3.63) is 59.4 Å². The third-order valence-corrected chi connectivity index (χ3v) is 5.39. The fourth-order valence-corrected chi connectivity index (χ4v) is 3.93. The van der Waals surface area contributed by atoms with E-state index in [9.17, 15) is 9.18 Å². The maximum absolute atomic E-state index is 14.2. The Morgan fingerprint density at radius 2 is 2.11 bits per heavy atom. The number of benzene rings is 2. The Labute approximate surface area is 166 Å². The van der Waals surface area contributed by atoms with Gasteiger partial charge in [-0.25, -0.2) is 4.39 Å². The lowest BCUT2D eigenvalue weighted by Gasteiger charge is -2.35. The average molecular weight is 384 g/mol. The molecule has 1 aliphatic rings. The number of amides is 1. The van der Waals surface area contributed by atoms with E-state index in [4.69, 9.17) is 4.74 Å². The molecule has 2 unspecified atom stereocenters. The van der Waals surface area contributed by atoms with Crippen LogP contribution in [0.2, 0.25) is 0 Å². The average Bonchev–Trinajstić information content (AvgIpc) is 2.69. The predicted molar refractivity (Wildman–Crippen MR) is 111 cm³/mol. The Morgan fingerprint density at radius 3 is 2.89 bits per heavy atom. The number of ether oxygens (including phenoxy) is 1. The number of para-hydroxylation sites is 1. The molecule has 0 spiro atoms. The molecule has 0 aliphatic carbocycles. The highest BCUT2D eigenvalue weighted by molar-refractivity contribution is 5.77. The van der Waals surface area contributed by atoms with Crippen LogP contribution in [-0.2, 0) is 4.79 Å². The number of carbonyl (C=O) groups excluding carboxylic acids is 1. The number of nitrogens with zero attached hydrogens (tertiary/aromatic N) is 1. The summed E-state index contributed by atoms with van der Waals surface area (Å²) in [6, 6.07) is 13.0. The van der Waals surface area contributed by atoms with Crippen LogP contribution in [0.25, 0.3) is 0 Å². The molecule has 1 N–H and O–H groups in total. The molecule has 1 amide bonds. The van der Waals surface area contributed by atoms with Crippen LogP contribution in [-0.4, -0.2) is 32.1 Å². The minimum atomic E-state index is -0.206. The topological polar surface area (TPSA) is 41.6 Å². The lowest BCUT2D eigenvalue weighted by molar-refractivity contribution is -0.122. The highest BCUT2D eigenvalue weighted by atomic mass is 19.1. The van der Waals surface area contributed by atoms with Crippen LogP contribution in [0.15, 0.2) is 42.5 Å². The van der Waals surface area contributed by atoms with Gasteiger partial charge in [0, 0.05) is 25.6 Å². The second-order valence-electron chi connectivity index (χ2n) is 7.65. The molecule has 1 aliphatic heterocycles. The first-order chi connectivity index (χ1) is 13.5. The number of carbonyl (C=O) groups is 1. The van der Waals surface area contributed by atoms with E-state index < -0.39 is 0 Å². The van der Waals surface area contributed by atoms with Crippen molar-refractivity contribution in [1.82, 2.24) is 5.32 Å². The van der Waals surface area contributed by atoms with Crippen molar-refractivity contribution in [3.8, 4) is 5.75 Å². The minimum absolute atomic E-state index is 0.0231. The van der Waals surface area contributed by atoms with Gasteiger partial charge in [-0.1, -0.05) is 31.2 Å². The number of aryl methyl sites for hydroxylation is 1. The van der Waals surface area contributed by atoms with Crippen molar-refractivity contribution in [2.45, 2.75) is 45.1 Å². The number of methoxy groups -OCH3 is 1. The molecule has 2 atom stereocenters. The molecule has 1 fully saturated rings. The molecule has 1 saturated heterocycles. The maximum atomic E-state index is 14.2. The molecule has 2 aromatic carbocycles. The number of piperidine rings is 1. The van der Waals surface area contributed by atoms with Gasteiger partial charge < -0.3 is 15.0 Å². The number of hydrogen-bond donors (Lipinski definition) is 1. The van der Waals surface area contributed by atoms with Gasteiger partial charge in [-0.3, -0.25) is 4.79 Å². The number of nitrogens with one attached hydrogen (secondary N) is 1. The van der Waals surface area contributed by atoms with Crippen LogP contribution in [0.1, 0.15) is 43.2 Å². The van der Waals surface area contributed by atoms with Crippen LogP contribution in [0.4, 0.5) is 10.1 Å². The smallest absolute Gasteiger partial charge is 0.220 e. The molecule has 4 nitrogen and oxygen atoms in total. The Morgan fingerprint density at radius 1 is 1.32 bits per heavy atom. The number of rotatable bonds is 6. The van der Waals surface area contributed by atoms with Crippen molar-refractivity contribution < 1.29 is 13.9 Å². The van der Waals surface area contributed by atoms with E-state index in [1.807, 2.05) is 49.1 Å². The molecule has 150 valence electrons. The fraction of sp³-hybridized carbons (Fsp3) is 0.435. The summed E-state index contributed by atoms with van der Waals surface area (Å²) in [5, 5.41) is 3.15. The summed E-state index contributed by atoms with van der Waals surface area (Å²) in [7, 11) is 1.65. The summed E-state index contributed by atoms with van der Waals surface area (Å²) < 4.78 is 19.6. The van der Waals surface area contributed by atoms with E-state index in [0.717, 1.165) is 36.3 Å². The van der Waals surface area contributed by atoms with Gasteiger partial charge in [-0.05, 0) is 55.0 Å². The van der Waals surface area contributed by atoms with Gasteiger partial charge in [0.2, 0.25) is 5.91 Å². The Bertz CT molecular complexity index is 824. The molecule has 0 radical (unpaired) electrons. The lowest BCUT2D eigenvalue weighted by atomic mass is 9.96. The second kappa shape index (κ2) is 9.09. The molecule has 0 aromatic heterocycles. The summed E-state index contributed by atoms with van der Waals surface area (Å²) in [5.41, 5.74) is 2.70. The van der Waals surface area contributed by atoms with Crippen LogP contribution < -0.4 is 15.0 Å². The molecule has 3 rings (SSSR count). The molecule has 0 bridgehead atoms. The molecule has 5 heteroatoms. The largest absolute Gasteiger partial charge is 0.496 e. The summed E-state index contributed by atoms with van der Waals surface area (Å²) in [6.45, 7) is 5.44. The Balaban J connectivity index is 1.60. The van der Waals surface area contributed by atoms with E-state index >= 15 is 0 Å². The Hall–Kier alpha value is -2.56. The third-order valence-electron chi connectivity index (χ3n) is 5.39. The molecule has 0 saturated carbocycles. The van der Waals surface area contributed by atoms with Gasteiger partial charge in [0.25, 0.3) is 0 Å². The predicted octanol–water partition coefficient (Wildman–Crippen LogP) is 4.42. The SMILES string of the molecule is COc1ccccc1C(C)CC(=O)NC1CCCN(c2cc(C)ccc2F)C1. The van der Waals surface area contributed by atoms with Crippen molar-refractivity contribution >= 4 is 11.6 Å². The van der Waals surface area contributed by atoms with Crippen molar-refractivity contribution in [3.63, 3.8) is 0 Å². The first-order valence-corrected chi connectivity index (χ1v) is 9.91. The minimum Gasteiger partial charge on any atom is -0.496 e. The number of anilines is 1. The van der Waals surface area contributed by atoms with Gasteiger partial charge >= 0.3 is 0 Å². The van der Waals surface area contributed by atoms with Crippen LogP contribution >= 0.6 is 0 Å². The molecular weight excluding hydrogens is 355 g/mol. The zero-order valence-corrected chi connectivity index (χ0v) is 16.9. The van der Waals surface area contributed by atoms with Gasteiger partial charge in [-0.2, -0.15) is 0 Å². The zero-order valence-electron chi connectivity index (χ0n) is 16.9. The van der Waals surface area contributed by atoms with Gasteiger partial charge in [0.1, 0.15) is 11.6 Å². The van der Waals surface area contributed by atoms with Crippen molar-refractivity contribution in [2.24, 2.45) is 0 Å². The molecular formula is C23H29FN2O2. The van der Waals surface area contributed by atoms with Crippen LogP contribution in [0.5, 0.6) is 5.75 Å². The van der Waals surface area contributed by atoms with E-state index in [1.54, 1.807) is 13.2 Å². The van der Waals surface area contributed by atoms with Gasteiger partial charge in [0.15, 0.2) is 0 Å². The molecule has 28 heavy (non-hydrogen) atoms. The van der Waals surface area contributed by atoms with E-state index in [0.29, 0.717) is 18.7 Å². The van der Waals surface area contributed by atoms with Crippen molar-refractivity contribution in [1.29, 1.82) is 0 Å². The Kier molecular flexibility index (Phi) is 6.55. The summed E-state index contributed by atoms with van der Waals surface area (Å²) in [4.78, 5) is 14.7. The standard InChI is InChI=1S/C23H29FN2O2/c1-16-10-11-20(24)21(13-16)26-12-6-7-18(15-26)25-23(27)14-17(2)19-8-4-5-9-22(19)28-3/h4-5,8-11,13,17-18H,6-7,12,14-15H2,1-3H3,(H,25,27). The first kappa shape index (κ1) is 20.2. The van der Waals surface area contributed by atoms with E-state index in [-0.39, 0.29) is 23.7 Å². The van der Waals surface area contributed by atoms with E-state index in [2.05, 4.69) is 5.32 Å². The lowest BCUT2D eigenvalue weighted by Crippen LogP contribution is -2.48. The highest BCUT2D eigenvalue weighted by Crippen LogP contribution is 2.29. The summed E-state index contributed by atoms with van der Waals surface area (Å²) in [5.74, 6) is 0.684. The molecule has 2 aromatic rings. The van der Waals surface area contributed by atoms with Crippen molar-refractivity contribution in [2.75, 3.05) is 25.1 Å². The zero-order chi connectivity index (χ0) is 20.1. The van der Waals surface area contributed by atoms with Crippen LogP contribution in [0.3, 0.4) is 0 Å². The third kappa shape index (κ3) is 4.83. The highest BCUT2D eigenvalue weighted by Gasteiger charge is 2.24. The quantitative estimate of drug-likeness (QED) is 0.802. The van der Waals surface area contributed by atoms with Gasteiger partial charge in [0.05, 0.1) is 12.8 Å². The van der Waals surface area contributed by atoms with Crippen LogP contribution in [0, 0.1) is 12.7 Å². The maximum Gasteiger partial charge on any atom is 0.220 e. The summed E-state index contributed by atoms with van der Waals surface area (Å²) >= 11 is 0. The monoisotopic (exact) mass is 384 g/mol. The normalized spacial score (nSPS) is 17.9.